The third-order valence-corrected chi connectivity index (χ3v) is 4.50. The molecule has 0 saturated carbocycles. The Morgan fingerprint density at radius 1 is 1.44 bits per heavy atom. The Hall–Kier alpha value is -0.610. The molecule has 1 N–H and O–H groups in total. The van der Waals surface area contributed by atoms with Crippen LogP contribution in [0.4, 0.5) is 0 Å². The zero-order valence-corrected chi connectivity index (χ0v) is 11.7. The molecule has 2 fully saturated rings. The third-order valence-electron chi connectivity index (χ3n) is 4.50. The largest absolute Gasteiger partial charge is 0.469 e. The van der Waals surface area contributed by atoms with E-state index in [1.807, 2.05) is 0 Å². The molecule has 2 saturated heterocycles. The number of hydrogen-bond donors (Lipinski definition) is 1. The molecule has 2 unspecified atom stereocenters. The SMILES string of the molecule is COC(=O)CC[C@@H]1CCCN1C1CCNCC1C. The van der Waals surface area contributed by atoms with Crippen LogP contribution in [0, 0.1) is 5.92 Å². The molecular weight excluding hydrogens is 228 g/mol. The van der Waals surface area contributed by atoms with Crippen LogP contribution < -0.4 is 5.32 Å². The Morgan fingerprint density at radius 2 is 2.28 bits per heavy atom. The number of esters is 1. The van der Waals surface area contributed by atoms with Gasteiger partial charge in [-0.15, -0.1) is 0 Å². The van der Waals surface area contributed by atoms with E-state index in [4.69, 9.17) is 4.74 Å². The standard InChI is InChI=1S/C14H26N2O2/c1-11-10-15-8-7-13(11)16-9-3-4-12(16)5-6-14(17)18-2/h11-13,15H,3-10H2,1-2H3/t11?,12-,13?/m0/s1. The first-order chi connectivity index (χ1) is 8.72. The van der Waals surface area contributed by atoms with E-state index < -0.39 is 0 Å². The molecular formula is C14H26N2O2. The molecule has 0 radical (unpaired) electrons. The molecule has 0 aromatic heterocycles. The maximum absolute atomic E-state index is 11.3. The molecule has 2 aliphatic rings. The summed E-state index contributed by atoms with van der Waals surface area (Å²) in [5, 5.41) is 3.46. The van der Waals surface area contributed by atoms with Crippen LogP contribution in [0.5, 0.6) is 0 Å². The predicted octanol–water partition coefficient (Wildman–Crippen LogP) is 1.40. The van der Waals surface area contributed by atoms with Gasteiger partial charge in [0.15, 0.2) is 0 Å². The smallest absolute Gasteiger partial charge is 0.305 e. The first-order valence-corrected chi connectivity index (χ1v) is 7.25. The minimum atomic E-state index is -0.0693. The molecule has 2 rings (SSSR count). The lowest BCUT2D eigenvalue weighted by atomic mass is 9.92. The fraction of sp³-hybridized carbons (Fsp3) is 0.929. The molecule has 0 aliphatic carbocycles. The average Bonchev–Trinajstić information content (AvgIpc) is 2.84. The average molecular weight is 254 g/mol. The van der Waals surface area contributed by atoms with Gasteiger partial charge in [0.2, 0.25) is 0 Å². The van der Waals surface area contributed by atoms with Crippen LogP contribution in [-0.4, -0.2) is 49.7 Å². The maximum atomic E-state index is 11.3. The van der Waals surface area contributed by atoms with E-state index in [1.165, 1.54) is 32.9 Å². The molecule has 0 amide bonds. The first-order valence-electron chi connectivity index (χ1n) is 7.25. The summed E-state index contributed by atoms with van der Waals surface area (Å²) in [6.07, 6.45) is 5.30. The van der Waals surface area contributed by atoms with E-state index in [9.17, 15) is 4.79 Å². The second-order valence-electron chi connectivity index (χ2n) is 5.69. The molecule has 18 heavy (non-hydrogen) atoms. The lowest BCUT2D eigenvalue weighted by Crippen LogP contribution is -2.50. The van der Waals surface area contributed by atoms with Gasteiger partial charge in [-0.05, 0) is 51.2 Å². The van der Waals surface area contributed by atoms with Crippen molar-refractivity contribution in [3.8, 4) is 0 Å². The highest BCUT2D eigenvalue weighted by Crippen LogP contribution is 2.29. The third kappa shape index (κ3) is 3.23. The number of ether oxygens (including phenoxy) is 1. The summed E-state index contributed by atoms with van der Waals surface area (Å²) >= 11 is 0. The van der Waals surface area contributed by atoms with E-state index in [2.05, 4.69) is 17.1 Å². The van der Waals surface area contributed by atoms with Crippen LogP contribution >= 0.6 is 0 Å². The van der Waals surface area contributed by atoms with Gasteiger partial charge in [0.25, 0.3) is 0 Å². The summed E-state index contributed by atoms with van der Waals surface area (Å²) in [5.41, 5.74) is 0. The summed E-state index contributed by atoms with van der Waals surface area (Å²) < 4.78 is 4.74. The van der Waals surface area contributed by atoms with E-state index in [0.29, 0.717) is 18.5 Å². The number of methoxy groups -OCH3 is 1. The fourth-order valence-electron chi connectivity index (χ4n) is 3.48. The topological polar surface area (TPSA) is 41.6 Å². The van der Waals surface area contributed by atoms with Gasteiger partial charge >= 0.3 is 5.97 Å². The minimum absolute atomic E-state index is 0.0693. The van der Waals surface area contributed by atoms with Crippen molar-refractivity contribution in [1.82, 2.24) is 10.2 Å². The van der Waals surface area contributed by atoms with Gasteiger partial charge < -0.3 is 10.1 Å². The molecule has 0 aromatic carbocycles. The zero-order valence-electron chi connectivity index (χ0n) is 11.7. The molecule has 3 atom stereocenters. The molecule has 0 bridgehead atoms. The highest BCUT2D eigenvalue weighted by molar-refractivity contribution is 5.69. The summed E-state index contributed by atoms with van der Waals surface area (Å²) in [4.78, 5) is 13.9. The number of nitrogens with one attached hydrogen (secondary N) is 1. The van der Waals surface area contributed by atoms with Crippen LogP contribution in [-0.2, 0) is 9.53 Å². The normalized spacial score (nSPS) is 33.6. The second kappa shape index (κ2) is 6.53. The van der Waals surface area contributed by atoms with Crippen molar-refractivity contribution < 1.29 is 9.53 Å². The molecule has 2 heterocycles. The highest BCUT2D eigenvalue weighted by atomic mass is 16.5. The monoisotopic (exact) mass is 254 g/mol. The van der Waals surface area contributed by atoms with Crippen molar-refractivity contribution >= 4 is 5.97 Å². The van der Waals surface area contributed by atoms with E-state index >= 15 is 0 Å². The van der Waals surface area contributed by atoms with Gasteiger partial charge in [-0.2, -0.15) is 0 Å². The summed E-state index contributed by atoms with van der Waals surface area (Å²) in [6, 6.07) is 1.30. The molecule has 4 nitrogen and oxygen atoms in total. The number of likely N-dealkylation sites (tertiary alicyclic amines) is 1. The first kappa shape index (κ1) is 13.8. The lowest BCUT2D eigenvalue weighted by Gasteiger charge is -2.40. The van der Waals surface area contributed by atoms with Gasteiger partial charge in [-0.1, -0.05) is 6.92 Å². The number of nitrogens with zero attached hydrogens (tertiary/aromatic N) is 1. The molecule has 4 heteroatoms. The van der Waals surface area contributed by atoms with Crippen molar-refractivity contribution in [2.45, 2.75) is 51.1 Å². The molecule has 0 spiro atoms. The van der Waals surface area contributed by atoms with Crippen LogP contribution in [0.1, 0.15) is 39.0 Å². The second-order valence-corrected chi connectivity index (χ2v) is 5.69. The highest BCUT2D eigenvalue weighted by Gasteiger charge is 2.34. The Bertz CT molecular complexity index is 283. The summed E-state index contributed by atoms with van der Waals surface area (Å²) in [6.45, 7) is 5.81. The van der Waals surface area contributed by atoms with E-state index in [1.54, 1.807) is 0 Å². The molecule has 2 aliphatic heterocycles. The van der Waals surface area contributed by atoms with Crippen molar-refractivity contribution in [1.29, 1.82) is 0 Å². The summed E-state index contributed by atoms with van der Waals surface area (Å²) in [5.74, 6) is 0.651. The van der Waals surface area contributed by atoms with E-state index in [-0.39, 0.29) is 5.97 Å². The van der Waals surface area contributed by atoms with Crippen LogP contribution in [0.3, 0.4) is 0 Å². The Kier molecular flexibility index (Phi) is 5.01. The fourth-order valence-corrected chi connectivity index (χ4v) is 3.48. The predicted molar refractivity (Wildman–Crippen MR) is 71.4 cm³/mol. The van der Waals surface area contributed by atoms with Crippen LogP contribution in [0.15, 0.2) is 0 Å². The summed E-state index contributed by atoms with van der Waals surface area (Å²) in [7, 11) is 1.48. The molecule has 0 aromatic rings. The van der Waals surface area contributed by atoms with Crippen molar-refractivity contribution in [2.75, 3.05) is 26.7 Å². The van der Waals surface area contributed by atoms with Crippen molar-refractivity contribution in [3.05, 3.63) is 0 Å². The van der Waals surface area contributed by atoms with Gasteiger partial charge in [0, 0.05) is 18.5 Å². The van der Waals surface area contributed by atoms with Crippen molar-refractivity contribution in [2.24, 2.45) is 5.92 Å². The number of carbonyl (C=O) groups excluding carboxylic acids is 1. The Morgan fingerprint density at radius 3 is 3.00 bits per heavy atom. The van der Waals surface area contributed by atoms with Gasteiger partial charge in [0.05, 0.1) is 7.11 Å². The Balaban J connectivity index is 1.88. The van der Waals surface area contributed by atoms with Crippen molar-refractivity contribution in [3.63, 3.8) is 0 Å². The quantitative estimate of drug-likeness (QED) is 0.770. The van der Waals surface area contributed by atoms with E-state index in [0.717, 1.165) is 25.4 Å². The Labute approximate surface area is 110 Å². The maximum Gasteiger partial charge on any atom is 0.305 e. The van der Waals surface area contributed by atoms with Gasteiger partial charge in [0.1, 0.15) is 0 Å². The molecule has 104 valence electrons. The van der Waals surface area contributed by atoms with Crippen LogP contribution in [0.2, 0.25) is 0 Å². The number of carbonyl (C=O) groups is 1. The minimum Gasteiger partial charge on any atom is -0.469 e. The van der Waals surface area contributed by atoms with Crippen LogP contribution in [0.25, 0.3) is 0 Å². The number of rotatable bonds is 4. The zero-order chi connectivity index (χ0) is 13.0. The lowest BCUT2D eigenvalue weighted by molar-refractivity contribution is -0.141. The van der Waals surface area contributed by atoms with Gasteiger partial charge in [-0.25, -0.2) is 0 Å². The number of piperidine rings is 1. The van der Waals surface area contributed by atoms with Gasteiger partial charge in [-0.3, -0.25) is 9.69 Å². The number of hydrogen-bond acceptors (Lipinski definition) is 4.